The molecule has 0 bridgehead atoms. The molecule has 0 amide bonds. The van der Waals surface area contributed by atoms with Gasteiger partial charge in [-0.25, -0.2) is 4.39 Å². The van der Waals surface area contributed by atoms with E-state index in [4.69, 9.17) is 0 Å². The Balaban J connectivity index is 2.03. The Labute approximate surface area is 116 Å². The van der Waals surface area contributed by atoms with E-state index in [-0.39, 0.29) is 18.8 Å². The third kappa shape index (κ3) is 3.72. The van der Waals surface area contributed by atoms with E-state index in [0.29, 0.717) is 12.8 Å². The van der Waals surface area contributed by atoms with Gasteiger partial charge in [0, 0.05) is 12.6 Å². The summed E-state index contributed by atoms with van der Waals surface area (Å²) in [6, 6.07) is 3.83. The molecule has 1 saturated carbocycles. The maximum Gasteiger partial charge on any atom is 0.393 e. The van der Waals surface area contributed by atoms with Crippen LogP contribution in [0.5, 0.6) is 0 Å². The molecule has 5 heteroatoms. The molecule has 1 aliphatic rings. The zero-order chi connectivity index (χ0) is 14.8. The molecule has 0 aromatic heterocycles. The van der Waals surface area contributed by atoms with Gasteiger partial charge in [-0.1, -0.05) is 18.9 Å². The summed E-state index contributed by atoms with van der Waals surface area (Å²) >= 11 is 0. The molecule has 112 valence electrons. The summed E-state index contributed by atoms with van der Waals surface area (Å²) < 4.78 is 52.1. The van der Waals surface area contributed by atoms with E-state index in [2.05, 4.69) is 5.32 Å². The van der Waals surface area contributed by atoms with Gasteiger partial charge in [0.25, 0.3) is 0 Å². The van der Waals surface area contributed by atoms with Crippen molar-refractivity contribution in [2.24, 2.45) is 5.92 Å². The Bertz CT molecular complexity index is 456. The van der Waals surface area contributed by atoms with Crippen LogP contribution in [0.3, 0.4) is 0 Å². The highest BCUT2D eigenvalue weighted by atomic mass is 19.4. The highest BCUT2D eigenvalue weighted by Crippen LogP contribution is 2.37. The fourth-order valence-electron chi connectivity index (χ4n) is 2.84. The van der Waals surface area contributed by atoms with Gasteiger partial charge in [-0.2, -0.15) is 13.2 Å². The molecule has 0 aliphatic heterocycles. The summed E-state index contributed by atoms with van der Waals surface area (Å²) in [5.41, 5.74) is 1.61. The van der Waals surface area contributed by atoms with Crippen LogP contribution < -0.4 is 5.32 Å². The van der Waals surface area contributed by atoms with Crippen molar-refractivity contribution >= 4 is 0 Å². The Hall–Kier alpha value is -1.10. The van der Waals surface area contributed by atoms with Crippen molar-refractivity contribution in [1.29, 1.82) is 0 Å². The van der Waals surface area contributed by atoms with Crippen molar-refractivity contribution in [2.45, 2.75) is 51.4 Å². The Morgan fingerprint density at radius 3 is 2.60 bits per heavy atom. The first-order chi connectivity index (χ1) is 9.38. The van der Waals surface area contributed by atoms with Crippen molar-refractivity contribution in [1.82, 2.24) is 5.32 Å². The lowest BCUT2D eigenvalue weighted by molar-refractivity contribution is -0.189. The Morgan fingerprint density at radius 1 is 1.20 bits per heavy atom. The van der Waals surface area contributed by atoms with E-state index in [0.717, 1.165) is 17.5 Å². The minimum Gasteiger partial charge on any atom is -0.309 e. The van der Waals surface area contributed by atoms with E-state index in [1.807, 2.05) is 6.92 Å². The van der Waals surface area contributed by atoms with E-state index in [1.54, 1.807) is 6.07 Å². The first kappa shape index (κ1) is 15.3. The summed E-state index contributed by atoms with van der Waals surface area (Å²) in [4.78, 5) is 0. The maximum absolute atomic E-state index is 13.2. The first-order valence-electron chi connectivity index (χ1n) is 6.93. The van der Waals surface area contributed by atoms with Crippen LogP contribution in [0.4, 0.5) is 17.6 Å². The van der Waals surface area contributed by atoms with Gasteiger partial charge in [-0.3, -0.25) is 0 Å². The van der Waals surface area contributed by atoms with Crippen molar-refractivity contribution in [3.63, 3.8) is 0 Å². The van der Waals surface area contributed by atoms with Crippen LogP contribution in [-0.4, -0.2) is 12.2 Å². The van der Waals surface area contributed by atoms with E-state index in [9.17, 15) is 17.6 Å². The predicted molar refractivity (Wildman–Crippen MR) is 69.8 cm³/mol. The third-order valence-electron chi connectivity index (χ3n) is 4.05. The molecule has 1 aromatic carbocycles. The van der Waals surface area contributed by atoms with Gasteiger partial charge < -0.3 is 5.32 Å². The van der Waals surface area contributed by atoms with Crippen molar-refractivity contribution in [3.05, 3.63) is 35.1 Å². The van der Waals surface area contributed by atoms with Gasteiger partial charge in [-0.05, 0) is 43.0 Å². The topological polar surface area (TPSA) is 12.0 Å². The quantitative estimate of drug-likeness (QED) is 0.816. The molecule has 1 N–H and O–H groups in total. The molecule has 0 saturated heterocycles. The molecule has 2 unspecified atom stereocenters. The lowest BCUT2D eigenvalue weighted by Gasteiger charge is -2.33. The average Bonchev–Trinajstić information content (AvgIpc) is 2.39. The first-order valence-corrected chi connectivity index (χ1v) is 6.93. The van der Waals surface area contributed by atoms with Gasteiger partial charge in [-0.15, -0.1) is 0 Å². The normalized spacial score (nSPS) is 23.9. The third-order valence-corrected chi connectivity index (χ3v) is 4.05. The Kier molecular flexibility index (Phi) is 4.68. The lowest BCUT2D eigenvalue weighted by atomic mass is 9.84. The van der Waals surface area contributed by atoms with E-state index >= 15 is 0 Å². The smallest absolute Gasteiger partial charge is 0.309 e. The second-order valence-electron chi connectivity index (χ2n) is 5.49. The minimum absolute atomic E-state index is 0.184. The van der Waals surface area contributed by atoms with E-state index in [1.165, 1.54) is 12.1 Å². The molecule has 2 rings (SSSR count). The standard InChI is InChI=1S/C15H19F4N/c1-10-6-7-12(16)8-11(10)9-20-14-5-3-2-4-13(14)15(17,18)19/h6-8,13-14,20H,2-5,9H2,1H3. The molecule has 0 heterocycles. The predicted octanol–water partition coefficient (Wildman–Crippen LogP) is 4.34. The van der Waals surface area contributed by atoms with Crippen LogP contribution in [0.15, 0.2) is 18.2 Å². The fourth-order valence-corrected chi connectivity index (χ4v) is 2.84. The number of aryl methyl sites for hydroxylation is 1. The number of alkyl halides is 3. The highest BCUT2D eigenvalue weighted by molar-refractivity contribution is 5.26. The molecular weight excluding hydrogens is 270 g/mol. The molecule has 1 aliphatic carbocycles. The monoisotopic (exact) mass is 289 g/mol. The maximum atomic E-state index is 13.2. The summed E-state index contributed by atoms with van der Waals surface area (Å²) in [6.45, 7) is 2.11. The molecule has 0 radical (unpaired) electrons. The number of rotatable bonds is 3. The van der Waals surface area contributed by atoms with Gasteiger partial charge in [0.15, 0.2) is 0 Å². The van der Waals surface area contributed by atoms with Gasteiger partial charge in [0.2, 0.25) is 0 Å². The number of benzene rings is 1. The lowest BCUT2D eigenvalue weighted by Crippen LogP contribution is -2.45. The van der Waals surface area contributed by atoms with Crippen LogP contribution in [0, 0.1) is 18.7 Å². The number of halogens is 4. The van der Waals surface area contributed by atoms with Gasteiger partial charge in [0.05, 0.1) is 5.92 Å². The van der Waals surface area contributed by atoms with Crippen LogP contribution >= 0.6 is 0 Å². The molecule has 1 aromatic rings. The zero-order valence-electron chi connectivity index (χ0n) is 11.4. The molecular formula is C15H19F4N. The molecule has 20 heavy (non-hydrogen) atoms. The summed E-state index contributed by atoms with van der Waals surface area (Å²) in [5, 5.41) is 2.98. The SMILES string of the molecule is Cc1ccc(F)cc1CNC1CCCCC1C(F)(F)F. The van der Waals surface area contributed by atoms with Gasteiger partial charge in [0.1, 0.15) is 5.82 Å². The largest absolute Gasteiger partial charge is 0.393 e. The van der Waals surface area contributed by atoms with Crippen molar-refractivity contribution < 1.29 is 17.6 Å². The van der Waals surface area contributed by atoms with Gasteiger partial charge >= 0.3 is 6.18 Å². The van der Waals surface area contributed by atoms with Crippen LogP contribution in [0.25, 0.3) is 0 Å². The van der Waals surface area contributed by atoms with Crippen molar-refractivity contribution in [2.75, 3.05) is 0 Å². The number of nitrogens with one attached hydrogen (secondary N) is 1. The van der Waals surface area contributed by atoms with E-state index < -0.39 is 18.1 Å². The molecule has 2 atom stereocenters. The summed E-state index contributed by atoms with van der Waals surface area (Å²) in [5.74, 6) is -1.64. The second-order valence-corrected chi connectivity index (χ2v) is 5.49. The average molecular weight is 289 g/mol. The van der Waals surface area contributed by atoms with Crippen LogP contribution in [0.1, 0.15) is 36.8 Å². The molecule has 1 nitrogen and oxygen atoms in total. The summed E-state index contributed by atoms with van der Waals surface area (Å²) in [7, 11) is 0. The van der Waals surface area contributed by atoms with Crippen LogP contribution in [-0.2, 0) is 6.54 Å². The minimum atomic E-state index is -4.16. The van der Waals surface area contributed by atoms with Crippen LogP contribution in [0.2, 0.25) is 0 Å². The fraction of sp³-hybridized carbons (Fsp3) is 0.600. The molecule has 0 spiro atoms. The Morgan fingerprint density at radius 2 is 1.90 bits per heavy atom. The molecule has 1 fully saturated rings. The number of hydrogen-bond donors (Lipinski definition) is 1. The van der Waals surface area contributed by atoms with Crippen molar-refractivity contribution in [3.8, 4) is 0 Å². The summed E-state index contributed by atoms with van der Waals surface area (Å²) in [6.07, 6.45) is -2.01. The number of hydrogen-bond acceptors (Lipinski definition) is 1. The highest BCUT2D eigenvalue weighted by Gasteiger charge is 2.45. The second kappa shape index (κ2) is 6.12. The zero-order valence-corrected chi connectivity index (χ0v) is 11.4.